The van der Waals surface area contributed by atoms with Gasteiger partial charge in [0.2, 0.25) is 0 Å². The molecule has 0 spiro atoms. The van der Waals surface area contributed by atoms with Crippen LogP contribution < -0.4 is 10.6 Å². The summed E-state index contributed by atoms with van der Waals surface area (Å²) in [7, 11) is 0. The zero-order valence-electron chi connectivity index (χ0n) is 13.6. The van der Waals surface area contributed by atoms with E-state index in [2.05, 4.69) is 20.6 Å². The fourth-order valence-electron chi connectivity index (χ4n) is 2.31. The minimum absolute atomic E-state index is 0.0308. The molecule has 0 aliphatic rings. The zero-order valence-corrected chi connectivity index (χ0v) is 13.6. The van der Waals surface area contributed by atoms with Gasteiger partial charge < -0.3 is 10.6 Å². The lowest BCUT2D eigenvalue weighted by atomic mass is 10.1. The predicted molar refractivity (Wildman–Crippen MR) is 96.2 cm³/mol. The minimum Gasteiger partial charge on any atom is -0.340 e. The van der Waals surface area contributed by atoms with Gasteiger partial charge in [-0.3, -0.25) is 4.79 Å². The summed E-state index contributed by atoms with van der Waals surface area (Å²) < 4.78 is 0. The number of nitrogens with one attached hydrogen (secondary N) is 2. The molecule has 1 aromatic heterocycles. The van der Waals surface area contributed by atoms with Crippen LogP contribution in [0.25, 0.3) is 0 Å². The number of Topliss-reactive ketones (excluding diaryl/α,β-unsaturated/α-hetero) is 1. The fourth-order valence-corrected chi connectivity index (χ4v) is 2.31. The van der Waals surface area contributed by atoms with Crippen molar-refractivity contribution in [3.63, 3.8) is 0 Å². The van der Waals surface area contributed by atoms with Crippen LogP contribution in [-0.4, -0.2) is 15.8 Å². The molecule has 0 radical (unpaired) electrons. The van der Waals surface area contributed by atoms with Gasteiger partial charge in [-0.2, -0.15) is 0 Å². The van der Waals surface area contributed by atoms with E-state index in [1.807, 2.05) is 49.4 Å². The number of carbonyl (C=O) groups excluding carboxylic acids is 1. The second-order valence-electron chi connectivity index (χ2n) is 5.49. The largest absolute Gasteiger partial charge is 0.340 e. The van der Waals surface area contributed by atoms with E-state index in [1.165, 1.54) is 6.33 Å². The Morgan fingerprint density at radius 1 is 0.917 bits per heavy atom. The summed E-state index contributed by atoms with van der Waals surface area (Å²) in [5, 5.41) is 6.48. The molecule has 0 saturated carbocycles. The molecule has 1 heterocycles. The number of hydrogen-bond donors (Lipinski definition) is 2. The van der Waals surface area contributed by atoms with E-state index >= 15 is 0 Å². The number of nitrogens with zero attached hydrogens (tertiary/aromatic N) is 2. The molecular formula is C19H18N4O. The van der Waals surface area contributed by atoms with E-state index in [4.69, 9.17) is 0 Å². The van der Waals surface area contributed by atoms with E-state index in [-0.39, 0.29) is 5.78 Å². The van der Waals surface area contributed by atoms with Gasteiger partial charge in [0.05, 0.1) is 0 Å². The highest BCUT2D eigenvalue weighted by Crippen LogP contribution is 2.21. The van der Waals surface area contributed by atoms with Crippen LogP contribution in [0.5, 0.6) is 0 Å². The predicted octanol–water partition coefficient (Wildman–Crippen LogP) is 4.47. The fraction of sp³-hybridized carbons (Fsp3) is 0.105. The van der Waals surface area contributed by atoms with Crippen molar-refractivity contribution in [3.05, 3.63) is 72.1 Å². The van der Waals surface area contributed by atoms with Crippen LogP contribution in [0.15, 0.2) is 60.9 Å². The van der Waals surface area contributed by atoms with Crippen molar-refractivity contribution < 1.29 is 4.79 Å². The number of para-hydroxylation sites is 1. The van der Waals surface area contributed by atoms with Gasteiger partial charge in [-0.15, -0.1) is 0 Å². The molecule has 0 unspecified atom stereocenters. The van der Waals surface area contributed by atoms with Gasteiger partial charge in [-0.05, 0) is 37.6 Å². The lowest BCUT2D eigenvalue weighted by Crippen LogP contribution is -2.00. The SMILES string of the molecule is CC(=O)c1cccc(Nc2cc(Nc3ccccc3C)ncn2)c1. The number of carbonyl (C=O) groups is 1. The van der Waals surface area contributed by atoms with Crippen molar-refractivity contribution in [1.29, 1.82) is 0 Å². The highest BCUT2D eigenvalue weighted by atomic mass is 16.1. The average Bonchev–Trinajstić information content (AvgIpc) is 2.57. The Labute approximate surface area is 140 Å². The highest BCUT2D eigenvalue weighted by molar-refractivity contribution is 5.95. The summed E-state index contributed by atoms with van der Waals surface area (Å²) in [6.45, 7) is 3.59. The number of benzene rings is 2. The smallest absolute Gasteiger partial charge is 0.159 e. The lowest BCUT2D eigenvalue weighted by molar-refractivity contribution is 0.101. The van der Waals surface area contributed by atoms with Crippen molar-refractivity contribution in [1.82, 2.24) is 9.97 Å². The van der Waals surface area contributed by atoms with Crippen molar-refractivity contribution >= 4 is 28.8 Å². The number of rotatable bonds is 5. The van der Waals surface area contributed by atoms with E-state index in [1.54, 1.807) is 19.1 Å². The molecule has 0 aliphatic heterocycles. The summed E-state index contributed by atoms with van der Waals surface area (Å²) in [6, 6.07) is 17.2. The van der Waals surface area contributed by atoms with Crippen LogP contribution in [0.4, 0.5) is 23.0 Å². The maximum atomic E-state index is 11.5. The number of hydrogen-bond acceptors (Lipinski definition) is 5. The maximum Gasteiger partial charge on any atom is 0.159 e. The maximum absolute atomic E-state index is 11.5. The lowest BCUT2D eigenvalue weighted by Gasteiger charge is -2.10. The normalized spacial score (nSPS) is 10.2. The van der Waals surface area contributed by atoms with Crippen LogP contribution in [0.1, 0.15) is 22.8 Å². The highest BCUT2D eigenvalue weighted by Gasteiger charge is 2.04. The summed E-state index contributed by atoms with van der Waals surface area (Å²) in [5.41, 5.74) is 3.61. The second kappa shape index (κ2) is 6.91. The van der Waals surface area contributed by atoms with Crippen LogP contribution in [0.3, 0.4) is 0 Å². The molecule has 0 amide bonds. The van der Waals surface area contributed by atoms with Gasteiger partial charge in [0.1, 0.15) is 18.0 Å². The first-order valence-electron chi connectivity index (χ1n) is 7.64. The summed E-state index contributed by atoms with van der Waals surface area (Å²) in [6.07, 6.45) is 1.50. The molecule has 0 fully saturated rings. The number of ketones is 1. The van der Waals surface area contributed by atoms with Gasteiger partial charge in [0.25, 0.3) is 0 Å². The molecular weight excluding hydrogens is 300 g/mol. The molecule has 0 bridgehead atoms. The van der Waals surface area contributed by atoms with Crippen molar-refractivity contribution in [2.75, 3.05) is 10.6 Å². The first-order valence-corrected chi connectivity index (χ1v) is 7.64. The molecule has 2 N–H and O–H groups in total. The Bertz CT molecular complexity index is 877. The van der Waals surface area contributed by atoms with Gasteiger partial charge in [-0.25, -0.2) is 9.97 Å². The second-order valence-corrected chi connectivity index (χ2v) is 5.49. The Balaban J connectivity index is 1.79. The van der Waals surface area contributed by atoms with Crippen LogP contribution in [0.2, 0.25) is 0 Å². The molecule has 0 atom stereocenters. The van der Waals surface area contributed by atoms with Crippen molar-refractivity contribution in [2.24, 2.45) is 0 Å². The molecule has 5 nitrogen and oxygen atoms in total. The molecule has 2 aromatic carbocycles. The first kappa shape index (κ1) is 15.7. The molecule has 0 saturated heterocycles. The van der Waals surface area contributed by atoms with E-state index < -0.39 is 0 Å². The topological polar surface area (TPSA) is 66.9 Å². The number of anilines is 4. The minimum atomic E-state index is 0.0308. The van der Waals surface area contributed by atoms with Crippen LogP contribution >= 0.6 is 0 Å². The van der Waals surface area contributed by atoms with Gasteiger partial charge in [0.15, 0.2) is 5.78 Å². The molecule has 3 aromatic rings. The van der Waals surface area contributed by atoms with E-state index in [0.717, 1.165) is 16.9 Å². The zero-order chi connectivity index (χ0) is 16.9. The van der Waals surface area contributed by atoms with Crippen LogP contribution in [0, 0.1) is 6.92 Å². The third kappa shape index (κ3) is 3.76. The molecule has 24 heavy (non-hydrogen) atoms. The summed E-state index contributed by atoms with van der Waals surface area (Å²) in [4.78, 5) is 19.9. The van der Waals surface area contributed by atoms with E-state index in [9.17, 15) is 4.79 Å². The van der Waals surface area contributed by atoms with Crippen LogP contribution in [-0.2, 0) is 0 Å². The molecule has 120 valence electrons. The standard InChI is InChI=1S/C19H18N4O/c1-13-6-3-4-9-17(13)23-19-11-18(20-12-21-19)22-16-8-5-7-15(10-16)14(2)24/h3-12H,1-2H3,(H2,20,21,22,23). The van der Waals surface area contributed by atoms with Crippen molar-refractivity contribution in [2.45, 2.75) is 13.8 Å². The summed E-state index contributed by atoms with van der Waals surface area (Å²) in [5.74, 6) is 1.38. The summed E-state index contributed by atoms with van der Waals surface area (Å²) >= 11 is 0. The first-order chi connectivity index (χ1) is 11.6. The van der Waals surface area contributed by atoms with E-state index in [0.29, 0.717) is 17.2 Å². The Morgan fingerprint density at radius 3 is 2.42 bits per heavy atom. The average molecular weight is 318 g/mol. The molecule has 3 rings (SSSR count). The van der Waals surface area contributed by atoms with Crippen molar-refractivity contribution in [3.8, 4) is 0 Å². The Morgan fingerprint density at radius 2 is 1.67 bits per heavy atom. The number of aromatic nitrogens is 2. The van der Waals surface area contributed by atoms with Gasteiger partial charge >= 0.3 is 0 Å². The Kier molecular flexibility index (Phi) is 4.52. The third-order valence-electron chi connectivity index (χ3n) is 3.62. The number of aryl methyl sites for hydroxylation is 1. The monoisotopic (exact) mass is 318 g/mol. The molecule has 0 aliphatic carbocycles. The molecule has 5 heteroatoms. The van der Waals surface area contributed by atoms with Gasteiger partial charge in [-0.1, -0.05) is 30.3 Å². The quantitative estimate of drug-likeness (QED) is 0.679. The Hall–Kier alpha value is -3.21. The third-order valence-corrected chi connectivity index (χ3v) is 3.62. The van der Waals surface area contributed by atoms with Gasteiger partial charge in [0, 0.05) is 23.0 Å².